The predicted octanol–water partition coefficient (Wildman–Crippen LogP) is 2.08. The molecule has 29 heavy (non-hydrogen) atoms. The van der Waals surface area contributed by atoms with E-state index in [0.29, 0.717) is 18.0 Å². The van der Waals surface area contributed by atoms with Gasteiger partial charge in [0.25, 0.3) is 0 Å². The number of benzene rings is 1. The Labute approximate surface area is 169 Å². The molecule has 1 aliphatic rings. The number of para-hydroxylation sites is 1. The molecule has 9 heteroatoms. The zero-order valence-electron chi connectivity index (χ0n) is 16.4. The molecule has 1 unspecified atom stereocenters. The van der Waals surface area contributed by atoms with Gasteiger partial charge >= 0.3 is 0 Å². The number of aliphatic hydroxyl groups is 1. The number of hydrogen-bond acceptors (Lipinski definition) is 6. The Morgan fingerprint density at radius 1 is 1.28 bits per heavy atom. The van der Waals surface area contributed by atoms with Crippen LogP contribution in [0.1, 0.15) is 23.9 Å². The molecule has 0 spiro atoms. The monoisotopic (exact) mass is 416 g/mol. The smallest absolute Gasteiger partial charge is 0.152 e. The maximum absolute atomic E-state index is 11.9. The second kappa shape index (κ2) is 7.64. The van der Waals surface area contributed by atoms with Gasteiger partial charge in [-0.3, -0.25) is 9.25 Å². The Bertz CT molecular complexity index is 1130. The van der Waals surface area contributed by atoms with Crippen LogP contribution in [0.25, 0.3) is 17.1 Å². The van der Waals surface area contributed by atoms with Crippen LogP contribution in [0.3, 0.4) is 0 Å². The third-order valence-corrected chi connectivity index (χ3v) is 6.95. The largest absolute Gasteiger partial charge is 0.490 e. The van der Waals surface area contributed by atoms with Crippen molar-refractivity contribution in [3.8, 4) is 22.8 Å². The predicted molar refractivity (Wildman–Crippen MR) is 109 cm³/mol. The van der Waals surface area contributed by atoms with Crippen molar-refractivity contribution in [2.45, 2.75) is 26.3 Å². The lowest BCUT2D eigenvalue weighted by Gasteiger charge is -2.14. The lowest BCUT2D eigenvalue weighted by Crippen LogP contribution is -2.14. The van der Waals surface area contributed by atoms with Crippen LogP contribution in [0.15, 0.2) is 36.7 Å². The van der Waals surface area contributed by atoms with Crippen LogP contribution in [0.4, 0.5) is 0 Å². The fraction of sp³-hybridized carbons (Fsp3) is 0.400. The molecule has 0 amide bonds. The molecule has 0 bridgehead atoms. The molecular weight excluding hydrogens is 392 g/mol. The molecule has 1 aliphatic heterocycles. The van der Waals surface area contributed by atoms with Gasteiger partial charge in [0, 0.05) is 12.4 Å². The summed E-state index contributed by atoms with van der Waals surface area (Å²) in [6.45, 7) is 4.00. The van der Waals surface area contributed by atoms with E-state index >= 15 is 0 Å². The van der Waals surface area contributed by atoms with E-state index in [1.54, 1.807) is 6.20 Å². The first-order valence-electron chi connectivity index (χ1n) is 9.54. The molecule has 3 heterocycles. The fourth-order valence-electron chi connectivity index (χ4n) is 3.94. The van der Waals surface area contributed by atoms with Crippen molar-refractivity contribution in [1.82, 2.24) is 19.3 Å². The number of nitrogens with zero attached hydrogens (tertiary/aromatic N) is 4. The van der Waals surface area contributed by atoms with Crippen LogP contribution < -0.4 is 4.74 Å². The highest BCUT2D eigenvalue weighted by Crippen LogP contribution is 2.33. The highest BCUT2D eigenvalue weighted by atomic mass is 32.2. The zero-order valence-corrected chi connectivity index (χ0v) is 17.3. The average molecular weight is 417 g/mol. The molecule has 1 N–H and O–H groups in total. The topological polar surface area (TPSA) is 99.2 Å². The van der Waals surface area contributed by atoms with Gasteiger partial charge in [0.05, 0.1) is 46.8 Å². The third-order valence-electron chi connectivity index (χ3n) is 5.20. The molecule has 0 saturated carbocycles. The van der Waals surface area contributed by atoms with E-state index < -0.39 is 9.84 Å². The van der Waals surface area contributed by atoms with Crippen LogP contribution >= 0.6 is 0 Å². The van der Waals surface area contributed by atoms with Gasteiger partial charge < -0.3 is 9.84 Å². The molecule has 0 aliphatic carbocycles. The molecule has 1 atom stereocenters. The molecule has 1 saturated heterocycles. The minimum atomic E-state index is -3.00. The van der Waals surface area contributed by atoms with Crippen LogP contribution in [0, 0.1) is 13.8 Å². The number of imidazole rings is 1. The molecule has 0 radical (unpaired) electrons. The van der Waals surface area contributed by atoms with E-state index in [1.165, 1.54) is 0 Å². The minimum Gasteiger partial charge on any atom is -0.490 e. The number of aliphatic hydroxyl groups excluding tert-OH is 1. The molecule has 4 rings (SSSR count). The van der Waals surface area contributed by atoms with Crippen LogP contribution in [0.5, 0.6) is 5.75 Å². The number of aromatic nitrogens is 4. The molecule has 3 aromatic rings. The molecule has 2 aromatic heterocycles. The minimum absolute atomic E-state index is 0.0714. The van der Waals surface area contributed by atoms with Crippen LogP contribution in [-0.2, 0) is 9.84 Å². The average Bonchev–Trinajstić information content (AvgIpc) is 3.37. The number of aryl methyl sites for hydroxylation is 1. The number of sulfone groups is 1. The SMILES string of the molecule is Cc1nn(C2CCS(=O)(=O)C2)c(C)c1-n1ccnc1-c1ccccc1OCCO. The quantitative estimate of drug-likeness (QED) is 0.661. The summed E-state index contributed by atoms with van der Waals surface area (Å²) in [6, 6.07) is 7.41. The normalized spacial score (nSPS) is 18.2. The zero-order chi connectivity index (χ0) is 20.6. The summed E-state index contributed by atoms with van der Waals surface area (Å²) in [5, 5.41) is 13.8. The Morgan fingerprint density at radius 2 is 2.07 bits per heavy atom. The maximum atomic E-state index is 11.9. The van der Waals surface area contributed by atoms with E-state index in [2.05, 4.69) is 10.1 Å². The molecule has 8 nitrogen and oxygen atoms in total. The molecular formula is C20H24N4O4S. The van der Waals surface area contributed by atoms with E-state index in [9.17, 15) is 8.42 Å². The summed E-state index contributed by atoms with van der Waals surface area (Å²) in [6.07, 6.45) is 4.16. The first-order valence-corrected chi connectivity index (χ1v) is 11.4. The van der Waals surface area contributed by atoms with Gasteiger partial charge in [0.1, 0.15) is 18.2 Å². The third kappa shape index (κ3) is 3.67. The van der Waals surface area contributed by atoms with Gasteiger partial charge in [-0.25, -0.2) is 13.4 Å². The van der Waals surface area contributed by atoms with E-state index in [4.69, 9.17) is 9.84 Å². The second-order valence-electron chi connectivity index (χ2n) is 7.21. The van der Waals surface area contributed by atoms with Crippen LogP contribution in [0.2, 0.25) is 0 Å². The number of hydrogen-bond donors (Lipinski definition) is 1. The summed E-state index contributed by atoms with van der Waals surface area (Å²) < 4.78 is 33.3. The van der Waals surface area contributed by atoms with Gasteiger partial charge in [0.15, 0.2) is 9.84 Å². The van der Waals surface area contributed by atoms with E-state index in [-0.39, 0.29) is 30.8 Å². The van der Waals surface area contributed by atoms with Crippen LogP contribution in [-0.4, -0.2) is 57.6 Å². The first-order chi connectivity index (χ1) is 13.9. The van der Waals surface area contributed by atoms with Crippen molar-refractivity contribution < 1.29 is 18.3 Å². The summed E-state index contributed by atoms with van der Waals surface area (Å²) in [4.78, 5) is 4.53. The van der Waals surface area contributed by atoms with Gasteiger partial charge in [-0.05, 0) is 32.4 Å². The van der Waals surface area contributed by atoms with Gasteiger partial charge in [-0.2, -0.15) is 5.10 Å². The molecule has 1 aromatic carbocycles. The summed E-state index contributed by atoms with van der Waals surface area (Å²) in [5.41, 5.74) is 3.40. The Morgan fingerprint density at radius 3 is 2.79 bits per heavy atom. The lowest BCUT2D eigenvalue weighted by atomic mass is 10.1. The Balaban J connectivity index is 1.77. The number of rotatable bonds is 6. The Hall–Kier alpha value is -2.65. The summed E-state index contributed by atoms with van der Waals surface area (Å²) >= 11 is 0. The second-order valence-corrected chi connectivity index (χ2v) is 9.44. The highest BCUT2D eigenvalue weighted by molar-refractivity contribution is 7.91. The Kier molecular flexibility index (Phi) is 5.18. The van der Waals surface area contributed by atoms with Crippen molar-refractivity contribution in [2.75, 3.05) is 24.7 Å². The first kappa shape index (κ1) is 19.7. The van der Waals surface area contributed by atoms with Gasteiger partial charge in [0.2, 0.25) is 0 Å². The fourth-order valence-corrected chi connectivity index (χ4v) is 5.63. The standard InChI is InChI=1S/C20H24N4O4S/c1-14-19(15(2)24(22-14)16-7-12-29(26,27)13-16)23-9-8-21-20(23)17-5-3-4-6-18(17)28-11-10-25/h3-6,8-9,16,25H,7,10-13H2,1-2H3. The van der Waals surface area contributed by atoms with Crippen molar-refractivity contribution in [3.05, 3.63) is 48.0 Å². The van der Waals surface area contributed by atoms with Crippen molar-refractivity contribution in [3.63, 3.8) is 0 Å². The summed E-state index contributed by atoms with van der Waals surface area (Å²) in [7, 11) is -3.00. The van der Waals surface area contributed by atoms with Gasteiger partial charge in [-0.15, -0.1) is 0 Å². The maximum Gasteiger partial charge on any atom is 0.152 e. The van der Waals surface area contributed by atoms with Crippen molar-refractivity contribution in [2.24, 2.45) is 0 Å². The molecule has 1 fully saturated rings. The van der Waals surface area contributed by atoms with Crippen molar-refractivity contribution >= 4 is 9.84 Å². The lowest BCUT2D eigenvalue weighted by molar-refractivity contribution is 0.202. The van der Waals surface area contributed by atoms with E-state index in [1.807, 2.05) is 53.6 Å². The highest BCUT2D eigenvalue weighted by Gasteiger charge is 2.32. The van der Waals surface area contributed by atoms with Crippen molar-refractivity contribution in [1.29, 1.82) is 0 Å². The van der Waals surface area contributed by atoms with E-state index in [0.717, 1.165) is 22.6 Å². The molecule has 154 valence electrons. The van der Waals surface area contributed by atoms with Gasteiger partial charge in [-0.1, -0.05) is 12.1 Å². The number of ether oxygens (including phenoxy) is 1. The summed E-state index contributed by atoms with van der Waals surface area (Å²) in [5.74, 6) is 1.67.